The first-order valence-electron chi connectivity index (χ1n) is 6.99. The smallest absolute Gasteiger partial charge is 0.226 e. The van der Waals surface area contributed by atoms with E-state index in [0.717, 1.165) is 31.8 Å². The second-order valence-corrected chi connectivity index (χ2v) is 4.81. The Morgan fingerprint density at radius 2 is 2.11 bits per heavy atom. The van der Waals surface area contributed by atoms with Gasteiger partial charge < -0.3 is 15.0 Å². The highest BCUT2D eigenvalue weighted by Crippen LogP contribution is 2.11. The molecule has 1 fully saturated rings. The maximum atomic E-state index is 12.2. The Kier molecular flexibility index (Phi) is 5.21. The van der Waals surface area contributed by atoms with Crippen LogP contribution in [0.25, 0.3) is 0 Å². The number of carbonyl (C=O) groups is 1. The quantitative estimate of drug-likeness (QED) is 0.812. The molecule has 1 aromatic rings. The minimum Gasteiger partial charge on any atom is -0.493 e. The fourth-order valence-corrected chi connectivity index (χ4v) is 2.16. The number of hydrogen-bond acceptors (Lipinski definition) is 3. The van der Waals surface area contributed by atoms with Crippen molar-refractivity contribution in [2.24, 2.45) is 0 Å². The summed E-state index contributed by atoms with van der Waals surface area (Å²) in [5, 5.41) is 3.21. The molecule has 0 spiro atoms. The molecule has 0 atom stereocenters. The SMILES string of the molecule is CCCN(C(=O)CCOc1ccccc1)C1CNC1. The maximum Gasteiger partial charge on any atom is 0.226 e. The van der Waals surface area contributed by atoms with Crippen LogP contribution in [0.3, 0.4) is 0 Å². The van der Waals surface area contributed by atoms with Gasteiger partial charge in [-0.05, 0) is 18.6 Å². The highest BCUT2D eigenvalue weighted by molar-refractivity contribution is 5.76. The summed E-state index contributed by atoms with van der Waals surface area (Å²) in [6, 6.07) is 10.0. The number of benzene rings is 1. The van der Waals surface area contributed by atoms with Gasteiger partial charge in [-0.1, -0.05) is 25.1 Å². The number of carbonyl (C=O) groups excluding carboxylic acids is 1. The van der Waals surface area contributed by atoms with Gasteiger partial charge in [-0.3, -0.25) is 4.79 Å². The highest BCUT2D eigenvalue weighted by atomic mass is 16.5. The fraction of sp³-hybridized carbons (Fsp3) is 0.533. The molecule has 104 valence electrons. The average molecular weight is 262 g/mol. The van der Waals surface area contributed by atoms with Gasteiger partial charge in [-0.15, -0.1) is 0 Å². The Morgan fingerprint density at radius 3 is 2.68 bits per heavy atom. The van der Waals surface area contributed by atoms with Crippen LogP contribution in [-0.4, -0.2) is 43.1 Å². The van der Waals surface area contributed by atoms with E-state index in [4.69, 9.17) is 4.74 Å². The molecular formula is C15H22N2O2. The van der Waals surface area contributed by atoms with Crippen LogP contribution in [0.2, 0.25) is 0 Å². The van der Waals surface area contributed by atoms with Gasteiger partial charge >= 0.3 is 0 Å². The number of nitrogens with one attached hydrogen (secondary N) is 1. The monoisotopic (exact) mass is 262 g/mol. The molecule has 0 aliphatic carbocycles. The summed E-state index contributed by atoms with van der Waals surface area (Å²) in [7, 11) is 0. The van der Waals surface area contributed by atoms with Crippen molar-refractivity contribution in [3.8, 4) is 5.75 Å². The predicted octanol–water partition coefficient (Wildman–Crippen LogP) is 1.67. The molecule has 4 heteroatoms. The molecule has 1 amide bonds. The van der Waals surface area contributed by atoms with Crippen LogP contribution in [0.15, 0.2) is 30.3 Å². The molecule has 1 aliphatic rings. The number of amides is 1. The third-order valence-corrected chi connectivity index (χ3v) is 3.31. The zero-order valence-electron chi connectivity index (χ0n) is 11.5. The topological polar surface area (TPSA) is 41.6 Å². The number of rotatable bonds is 7. The first kappa shape index (κ1) is 13.9. The van der Waals surface area contributed by atoms with Crippen molar-refractivity contribution in [1.29, 1.82) is 0 Å². The van der Waals surface area contributed by atoms with Crippen LogP contribution >= 0.6 is 0 Å². The fourth-order valence-electron chi connectivity index (χ4n) is 2.16. The molecule has 19 heavy (non-hydrogen) atoms. The lowest BCUT2D eigenvalue weighted by molar-refractivity contribution is -0.135. The first-order chi connectivity index (χ1) is 9.31. The molecule has 0 unspecified atom stereocenters. The molecule has 1 aliphatic heterocycles. The Morgan fingerprint density at radius 1 is 1.37 bits per heavy atom. The van der Waals surface area contributed by atoms with Gasteiger partial charge in [-0.25, -0.2) is 0 Å². The van der Waals surface area contributed by atoms with E-state index in [1.54, 1.807) is 0 Å². The van der Waals surface area contributed by atoms with Crippen molar-refractivity contribution in [3.05, 3.63) is 30.3 Å². The third-order valence-electron chi connectivity index (χ3n) is 3.31. The highest BCUT2D eigenvalue weighted by Gasteiger charge is 2.27. The molecule has 4 nitrogen and oxygen atoms in total. The van der Waals surface area contributed by atoms with Crippen LogP contribution < -0.4 is 10.1 Å². The number of nitrogens with zero attached hydrogens (tertiary/aromatic N) is 1. The lowest BCUT2D eigenvalue weighted by Crippen LogP contribution is -2.59. The van der Waals surface area contributed by atoms with Gasteiger partial charge in [-0.2, -0.15) is 0 Å². The molecule has 0 radical (unpaired) electrons. The normalized spacial score (nSPS) is 14.8. The van der Waals surface area contributed by atoms with Crippen molar-refractivity contribution in [1.82, 2.24) is 10.2 Å². The van der Waals surface area contributed by atoms with Crippen LogP contribution in [0.5, 0.6) is 5.75 Å². The summed E-state index contributed by atoms with van der Waals surface area (Å²) in [5.41, 5.74) is 0. The molecule has 1 heterocycles. The average Bonchev–Trinajstić information content (AvgIpc) is 2.37. The van der Waals surface area contributed by atoms with Crippen molar-refractivity contribution < 1.29 is 9.53 Å². The summed E-state index contributed by atoms with van der Waals surface area (Å²) < 4.78 is 5.57. The van der Waals surface area contributed by atoms with Gasteiger partial charge in [0, 0.05) is 19.6 Å². The molecule has 0 saturated carbocycles. The Labute approximate surface area is 114 Å². The van der Waals surface area contributed by atoms with E-state index in [1.165, 1.54) is 0 Å². The van der Waals surface area contributed by atoms with Crippen molar-refractivity contribution in [3.63, 3.8) is 0 Å². The molecule has 1 aromatic carbocycles. The van der Waals surface area contributed by atoms with Crippen LogP contribution in [0.4, 0.5) is 0 Å². The van der Waals surface area contributed by atoms with Gasteiger partial charge in [0.2, 0.25) is 5.91 Å². The third kappa shape index (κ3) is 3.96. The van der Waals surface area contributed by atoms with Crippen LogP contribution in [0.1, 0.15) is 19.8 Å². The first-order valence-corrected chi connectivity index (χ1v) is 6.99. The van der Waals surface area contributed by atoms with E-state index < -0.39 is 0 Å². The standard InChI is InChI=1S/C15H22N2O2/c1-2-9-17(13-11-16-12-13)15(18)8-10-19-14-6-4-3-5-7-14/h3-7,13,16H,2,8-12H2,1H3. The van der Waals surface area contributed by atoms with Gasteiger partial charge in [0.1, 0.15) is 5.75 Å². The summed E-state index contributed by atoms with van der Waals surface area (Å²) in [4.78, 5) is 14.2. The van der Waals surface area contributed by atoms with Crippen molar-refractivity contribution >= 4 is 5.91 Å². The van der Waals surface area contributed by atoms with Crippen molar-refractivity contribution in [2.45, 2.75) is 25.8 Å². The van der Waals surface area contributed by atoms with E-state index >= 15 is 0 Å². The molecule has 0 aromatic heterocycles. The van der Waals surface area contributed by atoms with Crippen LogP contribution in [-0.2, 0) is 4.79 Å². The lowest BCUT2D eigenvalue weighted by Gasteiger charge is -2.38. The molecular weight excluding hydrogens is 240 g/mol. The Bertz CT molecular complexity index is 390. The second-order valence-electron chi connectivity index (χ2n) is 4.81. The Balaban J connectivity index is 1.75. The van der Waals surface area contributed by atoms with Crippen LogP contribution in [0, 0.1) is 0 Å². The minimum atomic E-state index is 0.198. The minimum absolute atomic E-state index is 0.198. The van der Waals surface area contributed by atoms with E-state index in [2.05, 4.69) is 12.2 Å². The molecule has 2 rings (SSSR count). The summed E-state index contributed by atoms with van der Waals surface area (Å²) in [5.74, 6) is 1.02. The molecule has 1 N–H and O–H groups in total. The lowest BCUT2D eigenvalue weighted by atomic mass is 10.1. The molecule has 1 saturated heterocycles. The maximum absolute atomic E-state index is 12.2. The second kappa shape index (κ2) is 7.14. The summed E-state index contributed by atoms with van der Waals surface area (Å²) in [6.07, 6.45) is 1.45. The van der Waals surface area contributed by atoms with E-state index in [-0.39, 0.29) is 5.91 Å². The molecule has 0 bridgehead atoms. The Hall–Kier alpha value is -1.55. The number of hydrogen-bond donors (Lipinski definition) is 1. The van der Waals surface area contributed by atoms with E-state index in [1.807, 2.05) is 35.2 Å². The number of para-hydroxylation sites is 1. The predicted molar refractivity (Wildman–Crippen MR) is 75.2 cm³/mol. The van der Waals surface area contributed by atoms with Gasteiger partial charge in [0.15, 0.2) is 0 Å². The summed E-state index contributed by atoms with van der Waals surface area (Å²) >= 11 is 0. The largest absolute Gasteiger partial charge is 0.493 e. The van der Waals surface area contributed by atoms with Gasteiger partial charge in [0.05, 0.1) is 19.1 Å². The zero-order chi connectivity index (χ0) is 13.5. The number of ether oxygens (including phenoxy) is 1. The van der Waals surface area contributed by atoms with E-state index in [0.29, 0.717) is 19.1 Å². The zero-order valence-corrected chi connectivity index (χ0v) is 11.5. The van der Waals surface area contributed by atoms with E-state index in [9.17, 15) is 4.79 Å². The van der Waals surface area contributed by atoms with Gasteiger partial charge in [0.25, 0.3) is 0 Å². The van der Waals surface area contributed by atoms with Crippen molar-refractivity contribution in [2.75, 3.05) is 26.2 Å². The summed E-state index contributed by atoms with van der Waals surface area (Å²) in [6.45, 7) is 5.24.